The Kier molecular flexibility index (Phi) is 6.43. The topological polar surface area (TPSA) is 90.9 Å². The number of benzene rings is 2. The van der Waals surface area contributed by atoms with Crippen molar-refractivity contribution in [2.75, 3.05) is 20.3 Å². The first kappa shape index (κ1) is 20.4. The number of methoxy groups -OCH3 is 1. The van der Waals surface area contributed by atoms with Crippen LogP contribution in [0.25, 0.3) is 0 Å². The van der Waals surface area contributed by atoms with Crippen LogP contribution in [0.3, 0.4) is 0 Å². The second-order valence-electron chi connectivity index (χ2n) is 6.20. The lowest BCUT2D eigenvalue weighted by atomic mass is 10.2. The Morgan fingerprint density at radius 3 is 2.50 bits per heavy atom. The van der Waals surface area contributed by atoms with Crippen LogP contribution in [-0.4, -0.2) is 40.8 Å². The highest BCUT2D eigenvalue weighted by Gasteiger charge is 2.30. The zero-order valence-electron chi connectivity index (χ0n) is 15.2. The largest absolute Gasteiger partial charge is 0.495 e. The van der Waals surface area contributed by atoms with Crippen molar-refractivity contribution in [2.24, 2.45) is 0 Å². The van der Waals surface area contributed by atoms with E-state index in [9.17, 15) is 13.2 Å². The fraction of sp³-hybridized carbons (Fsp3) is 0.316. The normalized spacial score (nSPS) is 13.8. The lowest BCUT2D eigenvalue weighted by Gasteiger charge is -2.12. The van der Waals surface area contributed by atoms with Crippen molar-refractivity contribution >= 4 is 27.6 Å². The third-order valence-corrected chi connectivity index (χ3v) is 5.78. The molecule has 1 saturated carbocycles. The van der Waals surface area contributed by atoms with Crippen molar-refractivity contribution in [3.8, 4) is 11.5 Å². The molecule has 0 radical (unpaired) electrons. The van der Waals surface area contributed by atoms with E-state index in [0.717, 1.165) is 12.8 Å². The molecule has 0 bridgehead atoms. The standard InChI is InChI=1S/C19H20ClNO6S/c1-25-17-9-2-13(12-18(17)28(23,24)21-15-5-6-15)19(22)27-11-10-26-16-7-3-14(20)4-8-16/h2-4,7-9,12,15,21H,5-6,10-11H2,1H3. The van der Waals surface area contributed by atoms with Gasteiger partial charge in [-0.15, -0.1) is 0 Å². The van der Waals surface area contributed by atoms with Gasteiger partial charge in [-0.3, -0.25) is 0 Å². The van der Waals surface area contributed by atoms with Gasteiger partial charge in [0.15, 0.2) is 0 Å². The molecule has 0 aromatic heterocycles. The zero-order chi connectivity index (χ0) is 20.1. The smallest absolute Gasteiger partial charge is 0.338 e. The van der Waals surface area contributed by atoms with Crippen LogP contribution in [0.2, 0.25) is 5.02 Å². The zero-order valence-corrected chi connectivity index (χ0v) is 16.8. The van der Waals surface area contributed by atoms with Crippen molar-refractivity contribution in [2.45, 2.75) is 23.8 Å². The van der Waals surface area contributed by atoms with Crippen molar-refractivity contribution in [3.63, 3.8) is 0 Å². The predicted octanol–water partition coefficient (Wildman–Crippen LogP) is 3.03. The molecule has 7 nitrogen and oxygen atoms in total. The minimum atomic E-state index is -3.78. The summed E-state index contributed by atoms with van der Waals surface area (Å²) in [6.45, 7) is 0.161. The van der Waals surface area contributed by atoms with Gasteiger partial charge < -0.3 is 14.2 Å². The monoisotopic (exact) mass is 425 g/mol. The maximum absolute atomic E-state index is 12.5. The van der Waals surface area contributed by atoms with Crippen molar-refractivity contribution < 1.29 is 27.4 Å². The summed E-state index contributed by atoms with van der Waals surface area (Å²) in [5.74, 6) is 0.116. The first-order valence-corrected chi connectivity index (χ1v) is 10.5. The molecule has 0 heterocycles. The van der Waals surface area contributed by atoms with E-state index in [4.69, 9.17) is 25.8 Å². The van der Waals surface area contributed by atoms with Gasteiger partial charge in [0.05, 0.1) is 12.7 Å². The van der Waals surface area contributed by atoms with Gasteiger partial charge in [-0.2, -0.15) is 0 Å². The molecule has 1 aliphatic carbocycles. The van der Waals surface area contributed by atoms with E-state index in [0.29, 0.717) is 10.8 Å². The van der Waals surface area contributed by atoms with Crippen LogP contribution in [0.1, 0.15) is 23.2 Å². The summed E-state index contributed by atoms with van der Waals surface area (Å²) in [5.41, 5.74) is 0.114. The average Bonchev–Trinajstić information content (AvgIpc) is 3.49. The quantitative estimate of drug-likeness (QED) is 0.490. The van der Waals surface area contributed by atoms with E-state index in [2.05, 4.69) is 4.72 Å². The summed E-state index contributed by atoms with van der Waals surface area (Å²) in [5, 5.41) is 0.597. The molecular formula is C19H20ClNO6S. The fourth-order valence-corrected chi connectivity index (χ4v) is 4.03. The van der Waals surface area contributed by atoms with Gasteiger partial charge in [0, 0.05) is 11.1 Å². The summed E-state index contributed by atoms with van der Waals surface area (Å²) in [6, 6.07) is 10.9. The summed E-state index contributed by atoms with van der Waals surface area (Å²) in [4.78, 5) is 12.2. The molecule has 2 aromatic rings. The minimum absolute atomic E-state index is 0.00982. The second kappa shape index (κ2) is 8.81. The lowest BCUT2D eigenvalue weighted by molar-refractivity contribution is 0.0450. The van der Waals surface area contributed by atoms with Crippen LogP contribution in [0.4, 0.5) is 0 Å². The Hall–Kier alpha value is -2.29. The summed E-state index contributed by atoms with van der Waals surface area (Å²) in [7, 11) is -2.41. The number of hydrogen-bond acceptors (Lipinski definition) is 6. The molecule has 0 saturated heterocycles. The molecule has 2 aromatic carbocycles. The highest BCUT2D eigenvalue weighted by molar-refractivity contribution is 7.89. The van der Waals surface area contributed by atoms with E-state index in [1.807, 2.05) is 0 Å². The highest BCUT2D eigenvalue weighted by atomic mass is 35.5. The van der Waals surface area contributed by atoms with Crippen LogP contribution in [0.15, 0.2) is 47.4 Å². The Labute approximate surface area is 168 Å². The van der Waals surface area contributed by atoms with E-state index in [1.54, 1.807) is 24.3 Å². The van der Waals surface area contributed by atoms with Gasteiger partial charge in [-0.05, 0) is 55.3 Å². The van der Waals surface area contributed by atoms with Crippen molar-refractivity contribution in [1.82, 2.24) is 4.72 Å². The van der Waals surface area contributed by atoms with Crippen LogP contribution >= 0.6 is 11.6 Å². The molecule has 0 aliphatic heterocycles. The molecule has 150 valence electrons. The number of nitrogens with one attached hydrogen (secondary N) is 1. The molecule has 0 atom stereocenters. The Morgan fingerprint density at radius 1 is 1.14 bits per heavy atom. The fourth-order valence-electron chi connectivity index (χ4n) is 2.41. The highest BCUT2D eigenvalue weighted by Crippen LogP contribution is 2.28. The molecule has 3 rings (SSSR count). The molecule has 0 unspecified atom stereocenters. The second-order valence-corrected chi connectivity index (χ2v) is 8.32. The minimum Gasteiger partial charge on any atom is -0.495 e. The number of carbonyl (C=O) groups is 1. The molecule has 9 heteroatoms. The van der Waals surface area contributed by atoms with E-state index < -0.39 is 16.0 Å². The Morgan fingerprint density at radius 2 is 1.86 bits per heavy atom. The third kappa shape index (κ3) is 5.37. The number of carbonyl (C=O) groups excluding carboxylic acids is 1. The molecular weight excluding hydrogens is 406 g/mol. The SMILES string of the molecule is COc1ccc(C(=O)OCCOc2ccc(Cl)cc2)cc1S(=O)(=O)NC1CC1. The van der Waals surface area contributed by atoms with Gasteiger partial charge in [0.1, 0.15) is 29.6 Å². The van der Waals surface area contributed by atoms with Crippen LogP contribution in [0.5, 0.6) is 11.5 Å². The summed E-state index contributed by atoms with van der Waals surface area (Å²) in [6.07, 6.45) is 1.60. The van der Waals surface area contributed by atoms with Crippen molar-refractivity contribution in [3.05, 3.63) is 53.1 Å². The number of esters is 1. The molecule has 1 fully saturated rings. The van der Waals surface area contributed by atoms with Gasteiger partial charge in [0.2, 0.25) is 10.0 Å². The van der Waals surface area contributed by atoms with Gasteiger partial charge in [0.25, 0.3) is 0 Å². The van der Waals surface area contributed by atoms with Crippen molar-refractivity contribution in [1.29, 1.82) is 0 Å². The number of ether oxygens (including phenoxy) is 3. The Balaban J connectivity index is 1.61. The van der Waals surface area contributed by atoms with Gasteiger partial charge in [-0.1, -0.05) is 11.6 Å². The Bertz CT molecular complexity index is 941. The number of rotatable bonds is 9. The molecule has 1 N–H and O–H groups in total. The first-order valence-electron chi connectivity index (χ1n) is 8.65. The molecule has 0 amide bonds. The summed E-state index contributed by atoms with van der Waals surface area (Å²) >= 11 is 5.80. The number of sulfonamides is 1. The molecule has 0 spiro atoms. The number of hydrogen-bond donors (Lipinski definition) is 1. The average molecular weight is 426 g/mol. The maximum atomic E-state index is 12.5. The van der Waals surface area contributed by atoms with E-state index in [1.165, 1.54) is 25.3 Å². The van der Waals surface area contributed by atoms with Gasteiger partial charge >= 0.3 is 5.97 Å². The van der Waals surface area contributed by atoms with Crippen LogP contribution in [0, 0.1) is 0 Å². The third-order valence-electron chi connectivity index (χ3n) is 3.99. The number of halogens is 1. The van der Waals surface area contributed by atoms with Crippen LogP contribution < -0.4 is 14.2 Å². The van der Waals surface area contributed by atoms with Gasteiger partial charge in [-0.25, -0.2) is 17.9 Å². The summed E-state index contributed by atoms with van der Waals surface area (Å²) < 4.78 is 43.3. The van der Waals surface area contributed by atoms with E-state index in [-0.39, 0.29) is 35.5 Å². The molecule has 1 aliphatic rings. The lowest BCUT2D eigenvalue weighted by Crippen LogP contribution is -2.26. The van der Waals surface area contributed by atoms with E-state index >= 15 is 0 Å². The molecule has 28 heavy (non-hydrogen) atoms. The predicted molar refractivity (Wildman–Crippen MR) is 104 cm³/mol. The first-order chi connectivity index (χ1) is 13.4. The van der Waals surface area contributed by atoms with Crippen LogP contribution in [-0.2, 0) is 14.8 Å². The maximum Gasteiger partial charge on any atom is 0.338 e.